The molecule has 0 fully saturated rings. The summed E-state index contributed by atoms with van der Waals surface area (Å²) in [7, 11) is 1.61. The van der Waals surface area contributed by atoms with E-state index in [2.05, 4.69) is 5.32 Å². The molecule has 0 saturated carbocycles. The molecule has 2 rings (SSSR count). The number of hydrogen-bond donors (Lipinski definition) is 1. The monoisotopic (exact) mass is 327 g/mol. The van der Waals surface area contributed by atoms with E-state index in [1.807, 2.05) is 43.3 Å². The van der Waals surface area contributed by atoms with Gasteiger partial charge in [-0.2, -0.15) is 0 Å². The summed E-state index contributed by atoms with van der Waals surface area (Å²) in [6.07, 6.45) is 0.613. The number of nitrogens with one attached hydrogen (secondary N) is 1. The molecule has 126 valence electrons. The molecule has 0 aliphatic heterocycles. The normalized spacial score (nSPS) is 10.1. The van der Waals surface area contributed by atoms with Crippen LogP contribution in [-0.4, -0.2) is 32.1 Å². The molecule has 0 aliphatic rings. The second-order valence-corrected chi connectivity index (χ2v) is 5.37. The van der Waals surface area contributed by atoms with E-state index >= 15 is 0 Å². The molecule has 0 atom stereocenters. The summed E-state index contributed by atoms with van der Waals surface area (Å²) in [6.45, 7) is 2.07. The molecule has 0 spiro atoms. The van der Waals surface area contributed by atoms with Gasteiger partial charge in [-0.05, 0) is 36.8 Å². The van der Waals surface area contributed by atoms with Crippen LogP contribution < -0.4 is 10.1 Å². The van der Waals surface area contributed by atoms with Crippen molar-refractivity contribution < 1.29 is 19.1 Å². The van der Waals surface area contributed by atoms with Gasteiger partial charge in [-0.25, -0.2) is 0 Å². The van der Waals surface area contributed by atoms with Crippen LogP contribution in [-0.2, 0) is 16.0 Å². The highest BCUT2D eigenvalue weighted by atomic mass is 16.5. The van der Waals surface area contributed by atoms with Gasteiger partial charge in [0.25, 0.3) is 5.91 Å². The maximum atomic E-state index is 11.9. The maximum Gasteiger partial charge on any atom is 0.325 e. The predicted octanol–water partition coefficient (Wildman–Crippen LogP) is 2.52. The van der Waals surface area contributed by atoms with Crippen LogP contribution >= 0.6 is 0 Å². The summed E-state index contributed by atoms with van der Waals surface area (Å²) in [5.41, 5.74) is 2.64. The molecule has 1 N–H and O–H groups in total. The van der Waals surface area contributed by atoms with Crippen LogP contribution in [0.15, 0.2) is 48.5 Å². The second kappa shape index (κ2) is 8.72. The maximum absolute atomic E-state index is 11.9. The van der Waals surface area contributed by atoms with Gasteiger partial charge < -0.3 is 14.8 Å². The van der Waals surface area contributed by atoms with Gasteiger partial charge in [0, 0.05) is 12.0 Å². The number of methoxy groups -OCH3 is 1. The molecule has 5 nitrogen and oxygen atoms in total. The third kappa shape index (κ3) is 5.43. The first-order chi connectivity index (χ1) is 11.6. The minimum atomic E-state index is -0.455. The fourth-order valence-electron chi connectivity index (χ4n) is 2.09. The molecule has 0 radical (unpaired) electrons. The topological polar surface area (TPSA) is 64.6 Å². The Balaban J connectivity index is 1.69. The van der Waals surface area contributed by atoms with Crippen LogP contribution in [0.1, 0.15) is 21.5 Å². The van der Waals surface area contributed by atoms with E-state index in [9.17, 15) is 9.59 Å². The number of ether oxygens (including phenoxy) is 2. The van der Waals surface area contributed by atoms with Gasteiger partial charge in [-0.1, -0.05) is 29.8 Å². The fourth-order valence-corrected chi connectivity index (χ4v) is 2.09. The number of rotatable bonds is 7. The van der Waals surface area contributed by atoms with Gasteiger partial charge in [-0.15, -0.1) is 0 Å². The zero-order chi connectivity index (χ0) is 17.4. The second-order valence-electron chi connectivity index (χ2n) is 5.37. The molecule has 5 heteroatoms. The van der Waals surface area contributed by atoms with Crippen LogP contribution in [0.2, 0.25) is 0 Å². The van der Waals surface area contributed by atoms with Crippen LogP contribution in [0, 0.1) is 6.92 Å². The highest BCUT2D eigenvalue weighted by Crippen LogP contribution is 2.11. The van der Waals surface area contributed by atoms with Gasteiger partial charge in [0.05, 0.1) is 13.7 Å². The lowest BCUT2D eigenvalue weighted by atomic mass is 10.1. The SMILES string of the molecule is COc1ccc(CCOC(=O)CNC(=O)c2ccc(C)cc2)cc1. The third-order valence-corrected chi connectivity index (χ3v) is 3.52. The smallest absolute Gasteiger partial charge is 0.325 e. The highest BCUT2D eigenvalue weighted by Gasteiger charge is 2.08. The fraction of sp³-hybridized carbons (Fsp3) is 0.263. The first-order valence-electron chi connectivity index (χ1n) is 7.72. The first kappa shape index (κ1) is 17.5. The quantitative estimate of drug-likeness (QED) is 0.794. The summed E-state index contributed by atoms with van der Waals surface area (Å²) in [6, 6.07) is 14.7. The predicted molar refractivity (Wildman–Crippen MR) is 91.2 cm³/mol. The molecule has 2 aromatic carbocycles. The Kier molecular flexibility index (Phi) is 6.37. The van der Waals surface area contributed by atoms with E-state index < -0.39 is 5.97 Å². The molecule has 0 aliphatic carbocycles. The van der Waals surface area contributed by atoms with Gasteiger partial charge >= 0.3 is 5.97 Å². The van der Waals surface area contributed by atoms with Crippen molar-refractivity contribution in [3.05, 3.63) is 65.2 Å². The van der Waals surface area contributed by atoms with E-state index in [0.717, 1.165) is 16.9 Å². The largest absolute Gasteiger partial charge is 0.497 e. The third-order valence-electron chi connectivity index (χ3n) is 3.52. The summed E-state index contributed by atoms with van der Waals surface area (Å²) < 4.78 is 10.2. The lowest BCUT2D eigenvalue weighted by Gasteiger charge is -2.07. The summed E-state index contributed by atoms with van der Waals surface area (Å²) in [5, 5.41) is 2.55. The molecule has 0 bridgehead atoms. The Morgan fingerprint density at radius 1 is 1.00 bits per heavy atom. The standard InChI is InChI=1S/C19H21NO4/c1-14-3-7-16(8-4-14)19(22)20-13-18(21)24-12-11-15-5-9-17(23-2)10-6-15/h3-10H,11-13H2,1-2H3,(H,20,22). The number of carbonyl (C=O) groups is 2. The summed E-state index contributed by atoms with van der Waals surface area (Å²) >= 11 is 0. The summed E-state index contributed by atoms with van der Waals surface area (Å²) in [5.74, 6) is 0.0423. The Hall–Kier alpha value is -2.82. The zero-order valence-corrected chi connectivity index (χ0v) is 13.9. The van der Waals surface area contributed by atoms with E-state index in [1.165, 1.54) is 0 Å². The molecule has 2 aromatic rings. The molecule has 0 heterocycles. The van der Waals surface area contributed by atoms with Crippen molar-refractivity contribution in [2.24, 2.45) is 0 Å². The van der Waals surface area contributed by atoms with Crippen molar-refractivity contribution in [3.8, 4) is 5.75 Å². The van der Waals surface area contributed by atoms with Gasteiger partial charge in [-0.3, -0.25) is 9.59 Å². The van der Waals surface area contributed by atoms with E-state index in [4.69, 9.17) is 9.47 Å². The molecular formula is C19H21NO4. The van der Waals surface area contributed by atoms with Crippen LogP contribution in [0.5, 0.6) is 5.75 Å². The van der Waals surface area contributed by atoms with Crippen LogP contribution in [0.4, 0.5) is 0 Å². The van der Waals surface area contributed by atoms with Crippen molar-refractivity contribution in [2.75, 3.05) is 20.3 Å². The van der Waals surface area contributed by atoms with Gasteiger partial charge in [0.2, 0.25) is 0 Å². The van der Waals surface area contributed by atoms with Gasteiger partial charge in [0.15, 0.2) is 0 Å². The summed E-state index contributed by atoms with van der Waals surface area (Å²) in [4.78, 5) is 23.6. The molecule has 0 saturated heterocycles. The van der Waals surface area contributed by atoms with Crippen LogP contribution in [0.25, 0.3) is 0 Å². The van der Waals surface area contributed by atoms with E-state index in [1.54, 1.807) is 19.2 Å². The Morgan fingerprint density at radius 3 is 2.29 bits per heavy atom. The number of esters is 1. The average Bonchev–Trinajstić information content (AvgIpc) is 2.61. The van der Waals surface area contributed by atoms with Crippen molar-refractivity contribution in [2.45, 2.75) is 13.3 Å². The Labute approximate surface area is 141 Å². The molecule has 0 aromatic heterocycles. The number of carbonyl (C=O) groups excluding carboxylic acids is 2. The zero-order valence-electron chi connectivity index (χ0n) is 13.9. The number of benzene rings is 2. The number of amides is 1. The number of hydrogen-bond acceptors (Lipinski definition) is 4. The highest BCUT2D eigenvalue weighted by molar-refractivity contribution is 5.95. The lowest BCUT2D eigenvalue weighted by molar-refractivity contribution is -0.142. The molecule has 0 unspecified atom stereocenters. The van der Waals surface area contributed by atoms with Crippen molar-refractivity contribution >= 4 is 11.9 Å². The Morgan fingerprint density at radius 2 is 1.67 bits per heavy atom. The molecular weight excluding hydrogens is 306 g/mol. The minimum Gasteiger partial charge on any atom is -0.497 e. The van der Waals surface area contributed by atoms with Gasteiger partial charge in [0.1, 0.15) is 12.3 Å². The van der Waals surface area contributed by atoms with Crippen molar-refractivity contribution in [1.29, 1.82) is 0 Å². The molecule has 1 amide bonds. The van der Waals surface area contributed by atoms with Crippen molar-refractivity contribution in [1.82, 2.24) is 5.32 Å². The first-order valence-corrected chi connectivity index (χ1v) is 7.72. The minimum absolute atomic E-state index is 0.144. The number of aryl methyl sites for hydroxylation is 1. The Bertz CT molecular complexity index is 678. The van der Waals surface area contributed by atoms with E-state index in [-0.39, 0.29) is 19.1 Å². The molecule has 24 heavy (non-hydrogen) atoms. The van der Waals surface area contributed by atoms with Crippen LogP contribution in [0.3, 0.4) is 0 Å². The lowest BCUT2D eigenvalue weighted by Crippen LogP contribution is -2.30. The average molecular weight is 327 g/mol. The van der Waals surface area contributed by atoms with E-state index in [0.29, 0.717) is 12.0 Å². The van der Waals surface area contributed by atoms with Crippen molar-refractivity contribution in [3.63, 3.8) is 0 Å².